The number of aromatic hydroxyl groups is 1. The fourth-order valence-corrected chi connectivity index (χ4v) is 4.35. The van der Waals surface area contributed by atoms with Crippen molar-refractivity contribution in [2.45, 2.75) is 12.6 Å². The Bertz CT molecular complexity index is 1300. The number of amides is 1. The number of aliphatic hydroxyl groups excluding tert-OH is 1. The lowest BCUT2D eigenvalue weighted by atomic mass is 9.95. The molecule has 0 spiro atoms. The number of phenols is 1. The van der Waals surface area contributed by atoms with Gasteiger partial charge in [-0.1, -0.05) is 12.7 Å². The van der Waals surface area contributed by atoms with E-state index in [1.807, 2.05) is 0 Å². The molecule has 180 valence electrons. The van der Waals surface area contributed by atoms with Gasteiger partial charge in [-0.15, -0.1) is 0 Å². The van der Waals surface area contributed by atoms with Crippen molar-refractivity contribution in [1.29, 1.82) is 0 Å². The van der Waals surface area contributed by atoms with Crippen LogP contribution in [0.25, 0.3) is 5.76 Å². The number of hydrogen-bond donors (Lipinski definition) is 2. The number of likely N-dealkylation sites (tertiary alicyclic amines) is 1. The van der Waals surface area contributed by atoms with Crippen molar-refractivity contribution >= 4 is 33.4 Å². The first-order valence-electron chi connectivity index (χ1n) is 10.6. The second-order valence-corrected chi connectivity index (χ2v) is 8.54. The van der Waals surface area contributed by atoms with Gasteiger partial charge in [0.15, 0.2) is 11.5 Å². The van der Waals surface area contributed by atoms with Gasteiger partial charge in [0.1, 0.15) is 23.9 Å². The second-order valence-electron chi connectivity index (χ2n) is 7.68. The number of hydrogen-bond acceptors (Lipinski definition) is 7. The average molecular weight is 540 g/mol. The number of carbonyl (C=O) groups excluding carboxylic acids is 2. The van der Waals surface area contributed by atoms with E-state index in [2.05, 4.69) is 22.5 Å². The minimum absolute atomic E-state index is 0.00579. The number of methoxy groups -OCH3 is 1. The first-order chi connectivity index (χ1) is 16.8. The van der Waals surface area contributed by atoms with E-state index in [4.69, 9.17) is 13.9 Å². The van der Waals surface area contributed by atoms with Gasteiger partial charge in [0.05, 0.1) is 36.0 Å². The van der Waals surface area contributed by atoms with E-state index in [0.717, 1.165) is 0 Å². The largest absolute Gasteiger partial charge is 0.507 e. The van der Waals surface area contributed by atoms with Crippen LogP contribution in [0.4, 0.5) is 0 Å². The van der Waals surface area contributed by atoms with Gasteiger partial charge in [-0.05, 0) is 70.0 Å². The van der Waals surface area contributed by atoms with Gasteiger partial charge >= 0.3 is 0 Å². The topological polar surface area (TPSA) is 109 Å². The van der Waals surface area contributed by atoms with Crippen LogP contribution in [0.2, 0.25) is 0 Å². The Balaban J connectivity index is 1.85. The molecule has 1 aliphatic rings. The summed E-state index contributed by atoms with van der Waals surface area (Å²) in [4.78, 5) is 27.6. The summed E-state index contributed by atoms with van der Waals surface area (Å²) in [5.41, 5.74) is 0.687. The summed E-state index contributed by atoms with van der Waals surface area (Å²) >= 11 is 3.29. The van der Waals surface area contributed by atoms with Gasteiger partial charge in [0.25, 0.3) is 11.7 Å². The number of nitrogens with zero attached hydrogens (tertiary/aromatic N) is 1. The van der Waals surface area contributed by atoms with Crippen LogP contribution in [0.1, 0.15) is 22.9 Å². The summed E-state index contributed by atoms with van der Waals surface area (Å²) in [6.07, 6.45) is 3.08. The molecule has 0 saturated carbocycles. The van der Waals surface area contributed by atoms with Crippen molar-refractivity contribution in [1.82, 2.24) is 4.90 Å². The fourth-order valence-electron chi connectivity index (χ4n) is 3.89. The number of carbonyl (C=O) groups is 2. The normalized spacial score (nSPS) is 17.0. The number of halogens is 1. The molecule has 1 atom stereocenters. The van der Waals surface area contributed by atoms with Crippen molar-refractivity contribution < 1.29 is 33.7 Å². The Morgan fingerprint density at radius 3 is 2.60 bits per heavy atom. The van der Waals surface area contributed by atoms with Gasteiger partial charge in [-0.25, -0.2) is 0 Å². The predicted molar refractivity (Wildman–Crippen MR) is 131 cm³/mol. The molecule has 0 aliphatic carbocycles. The molecule has 35 heavy (non-hydrogen) atoms. The molecule has 2 heterocycles. The second kappa shape index (κ2) is 10.1. The number of furan rings is 1. The zero-order chi connectivity index (χ0) is 25.1. The van der Waals surface area contributed by atoms with Gasteiger partial charge in [0, 0.05) is 5.56 Å². The van der Waals surface area contributed by atoms with E-state index in [9.17, 15) is 19.8 Å². The third-order valence-corrected chi connectivity index (χ3v) is 6.13. The average Bonchev–Trinajstić information content (AvgIpc) is 3.46. The monoisotopic (exact) mass is 539 g/mol. The maximum absolute atomic E-state index is 13.2. The third kappa shape index (κ3) is 4.67. The maximum atomic E-state index is 13.2. The van der Waals surface area contributed by atoms with E-state index in [-0.39, 0.29) is 29.4 Å². The summed E-state index contributed by atoms with van der Waals surface area (Å²) in [5, 5.41) is 21.5. The van der Waals surface area contributed by atoms with Crippen LogP contribution >= 0.6 is 15.9 Å². The van der Waals surface area contributed by atoms with Crippen molar-refractivity contribution in [3.63, 3.8) is 0 Å². The molecule has 2 aromatic carbocycles. The SMILES string of the molecule is C=CCOc1ccc(C(O)=C2C(=O)C(=O)N(Cc3ccco3)[C@@H]2c2cc(Br)c(O)c(OC)c2)cc1. The van der Waals surface area contributed by atoms with E-state index in [1.54, 1.807) is 48.5 Å². The third-order valence-electron chi connectivity index (χ3n) is 5.53. The molecule has 4 rings (SSSR count). The van der Waals surface area contributed by atoms with E-state index < -0.39 is 17.7 Å². The minimum Gasteiger partial charge on any atom is -0.507 e. The lowest BCUT2D eigenvalue weighted by Crippen LogP contribution is -2.29. The molecule has 2 N–H and O–H groups in total. The summed E-state index contributed by atoms with van der Waals surface area (Å²) in [6, 6.07) is 12.0. The van der Waals surface area contributed by atoms with Crippen molar-refractivity contribution in [2.24, 2.45) is 0 Å². The number of aliphatic hydroxyl groups is 1. The van der Waals surface area contributed by atoms with E-state index >= 15 is 0 Å². The zero-order valence-electron chi connectivity index (χ0n) is 18.7. The van der Waals surface area contributed by atoms with E-state index in [1.165, 1.54) is 24.3 Å². The van der Waals surface area contributed by atoms with Crippen LogP contribution in [0.3, 0.4) is 0 Å². The number of ether oxygens (including phenoxy) is 2. The Morgan fingerprint density at radius 2 is 1.97 bits per heavy atom. The molecule has 1 aromatic heterocycles. The Hall–Kier alpha value is -3.98. The predicted octanol–water partition coefficient (Wildman–Crippen LogP) is 4.94. The molecule has 1 amide bonds. The van der Waals surface area contributed by atoms with Crippen molar-refractivity contribution in [3.8, 4) is 17.2 Å². The van der Waals surface area contributed by atoms with Crippen LogP contribution in [0, 0.1) is 0 Å². The van der Waals surface area contributed by atoms with Gasteiger partial charge in [-0.3, -0.25) is 9.59 Å². The summed E-state index contributed by atoms with van der Waals surface area (Å²) in [5.74, 6) is -0.935. The number of phenolic OH excluding ortho intramolecular Hbond substituents is 1. The van der Waals surface area contributed by atoms with Crippen LogP contribution < -0.4 is 9.47 Å². The highest BCUT2D eigenvalue weighted by molar-refractivity contribution is 9.10. The van der Waals surface area contributed by atoms with Crippen LogP contribution in [0.5, 0.6) is 17.2 Å². The number of rotatable bonds is 8. The van der Waals surface area contributed by atoms with Crippen LogP contribution in [-0.2, 0) is 16.1 Å². The molecule has 0 unspecified atom stereocenters. The van der Waals surface area contributed by atoms with Gasteiger partial charge in [0.2, 0.25) is 0 Å². The molecule has 0 radical (unpaired) electrons. The Kier molecular flexibility index (Phi) is 6.97. The quantitative estimate of drug-likeness (QED) is 0.180. The molecule has 3 aromatic rings. The van der Waals surface area contributed by atoms with Crippen molar-refractivity contribution in [2.75, 3.05) is 13.7 Å². The van der Waals surface area contributed by atoms with E-state index in [0.29, 0.717) is 33.7 Å². The molecular formula is C26H22BrNO7. The number of Topliss-reactive ketones (excluding diaryl/α,β-unsaturated/α-hetero) is 1. The number of ketones is 1. The Labute approximate surface area is 209 Å². The minimum atomic E-state index is -0.970. The van der Waals surface area contributed by atoms with Crippen molar-refractivity contribution in [3.05, 3.63) is 94.4 Å². The molecule has 1 fully saturated rings. The molecule has 9 heteroatoms. The highest BCUT2D eigenvalue weighted by atomic mass is 79.9. The van der Waals surface area contributed by atoms with Crippen LogP contribution in [0.15, 0.2) is 81.9 Å². The molecule has 1 saturated heterocycles. The standard InChI is InChI=1S/C26H22BrNO7/c1-3-10-34-17-8-6-15(7-9-17)23(29)21-22(16-12-19(27)24(30)20(13-16)33-2)28(26(32)25(21)31)14-18-5-4-11-35-18/h3-9,11-13,22,29-30H,1,10,14H2,2H3/t22-/m1/s1. The smallest absolute Gasteiger partial charge is 0.296 e. The summed E-state index contributed by atoms with van der Waals surface area (Å²) < 4.78 is 16.4. The number of benzene rings is 2. The highest BCUT2D eigenvalue weighted by Crippen LogP contribution is 2.45. The lowest BCUT2D eigenvalue weighted by molar-refractivity contribution is -0.140. The summed E-state index contributed by atoms with van der Waals surface area (Å²) in [7, 11) is 1.39. The molecular weight excluding hydrogens is 518 g/mol. The molecule has 8 nitrogen and oxygen atoms in total. The fraction of sp³-hybridized carbons (Fsp3) is 0.154. The molecule has 0 bridgehead atoms. The zero-order valence-corrected chi connectivity index (χ0v) is 20.3. The summed E-state index contributed by atoms with van der Waals surface area (Å²) in [6.45, 7) is 3.92. The highest BCUT2D eigenvalue weighted by Gasteiger charge is 2.46. The Morgan fingerprint density at radius 1 is 1.23 bits per heavy atom. The van der Waals surface area contributed by atoms with Crippen LogP contribution in [-0.4, -0.2) is 40.5 Å². The lowest BCUT2D eigenvalue weighted by Gasteiger charge is -2.25. The van der Waals surface area contributed by atoms with Gasteiger partial charge in [-0.2, -0.15) is 0 Å². The van der Waals surface area contributed by atoms with Gasteiger partial charge < -0.3 is 29.0 Å². The first-order valence-corrected chi connectivity index (χ1v) is 11.4. The maximum Gasteiger partial charge on any atom is 0.296 e. The first kappa shape index (κ1) is 24.2. The molecule has 1 aliphatic heterocycles.